The molecule has 0 N–H and O–H groups in total. The van der Waals surface area contributed by atoms with Gasteiger partial charge in [0.25, 0.3) is 0 Å². The van der Waals surface area contributed by atoms with Crippen LogP contribution in [0, 0.1) is 5.92 Å². The molecule has 0 amide bonds. The Morgan fingerprint density at radius 1 is 1.30 bits per heavy atom. The molecule has 2 atom stereocenters. The molecule has 6 heteroatoms. The fourth-order valence-electron chi connectivity index (χ4n) is 2.74. The van der Waals surface area contributed by atoms with Gasteiger partial charge in [0, 0.05) is 12.6 Å². The predicted octanol–water partition coefficient (Wildman–Crippen LogP) is 3.90. The van der Waals surface area contributed by atoms with E-state index in [2.05, 4.69) is 28.9 Å². The summed E-state index contributed by atoms with van der Waals surface area (Å²) in [6.45, 7) is 5.16. The molecule has 0 aliphatic carbocycles. The zero-order chi connectivity index (χ0) is 14.8. The van der Waals surface area contributed by atoms with Crippen LogP contribution in [0.2, 0.25) is 0 Å². The van der Waals surface area contributed by atoms with Gasteiger partial charge in [0.1, 0.15) is 0 Å². The van der Waals surface area contributed by atoms with E-state index in [0.717, 1.165) is 31.9 Å². The van der Waals surface area contributed by atoms with Crippen LogP contribution in [0.3, 0.4) is 0 Å². The minimum Gasteiger partial charge on any atom is -0.352 e. The second kappa shape index (κ2) is 5.97. The number of piperidine rings is 1. The number of halogens is 3. The van der Waals surface area contributed by atoms with Crippen LogP contribution in [0.1, 0.15) is 45.2 Å². The molecule has 3 nitrogen and oxygen atoms in total. The van der Waals surface area contributed by atoms with Gasteiger partial charge in [0.2, 0.25) is 0 Å². The molecule has 0 radical (unpaired) electrons. The summed E-state index contributed by atoms with van der Waals surface area (Å²) in [5.41, 5.74) is -0.932. The van der Waals surface area contributed by atoms with Crippen molar-refractivity contribution >= 4 is 5.82 Å². The minimum absolute atomic E-state index is 0.347. The molecule has 0 aromatic carbocycles. The summed E-state index contributed by atoms with van der Waals surface area (Å²) in [5, 5.41) is 7.12. The van der Waals surface area contributed by atoms with Gasteiger partial charge in [-0.15, -0.1) is 10.2 Å². The molecule has 1 fully saturated rings. The lowest BCUT2D eigenvalue weighted by molar-refractivity contribution is -0.141. The van der Waals surface area contributed by atoms with E-state index < -0.39 is 11.9 Å². The maximum Gasteiger partial charge on any atom is 0.435 e. The summed E-state index contributed by atoms with van der Waals surface area (Å²) in [6.07, 6.45) is -0.0916. The molecule has 2 heterocycles. The van der Waals surface area contributed by atoms with Crippen LogP contribution in [0.5, 0.6) is 0 Å². The van der Waals surface area contributed by atoms with E-state index in [9.17, 15) is 13.2 Å². The van der Waals surface area contributed by atoms with E-state index in [1.807, 2.05) is 0 Å². The van der Waals surface area contributed by atoms with E-state index in [-0.39, 0.29) is 0 Å². The summed E-state index contributed by atoms with van der Waals surface area (Å²) >= 11 is 0. The van der Waals surface area contributed by atoms with Crippen molar-refractivity contribution in [2.24, 2.45) is 5.92 Å². The van der Waals surface area contributed by atoms with Crippen LogP contribution in [0.4, 0.5) is 19.0 Å². The quantitative estimate of drug-likeness (QED) is 0.844. The molecule has 1 aromatic rings. The standard InChI is InChI=1S/C14H20F3N3/c1-3-10(2)11-6-4-5-9-20(11)13-8-7-12(18-19-13)14(15,16)17/h7-8,10-11H,3-6,9H2,1-2H3/t10-,11-/m0/s1. The maximum absolute atomic E-state index is 12.5. The molecule has 1 aromatic heterocycles. The largest absolute Gasteiger partial charge is 0.435 e. The third-order valence-electron chi connectivity index (χ3n) is 4.09. The van der Waals surface area contributed by atoms with Crippen molar-refractivity contribution in [3.8, 4) is 0 Å². The summed E-state index contributed by atoms with van der Waals surface area (Å²) in [7, 11) is 0. The van der Waals surface area contributed by atoms with Crippen LogP contribution in [-0.2, 0) is 6.18 Å². The maximum atomic E-state index is 12.5. The van der Waals surface area contributed by atoms with Crippen LogP contribution in [0.15, 0.2) is 12.1 Å². The van der Waals surface area contributed by atoms with Crippen molar-refractivity contribution in [1.82, 2.24) is 10.2 Å². The molecular weight excluding hydrogens is 267 g/mol. The Balaban J connectivity index is 2.20. The van der Waals surface area contributed by atoms with Gasteiger partial charge in [-0.2, -0.15) is 13.2 Å². The van der Waals surface area contributed by atoms with Gasteiger partial charge in [-0.25, -0.2) is 0 Å². The topological polar surface area (TPSA) is 29.0 Å². The summed E-state index contributed by atoms with van der Waals surface area (Å²) < 4.78 is 37.5. The molecule has 1 aliphatic heterocycles. The van der Waals surface area contributed by atoms with Crippen molar-refractivity contribution in [3.05, 3.63) is 17.8 Å². The Labute approximate surface area is 117 Å². The minimum atomic E-state index is -4.43. The van der Waals surface area contributed by atoms with E-state index in [0.29, 0.717) is 17.8 Å². The zero-order valence-corrected chi connectivity index (χ0v) is 11.8. The smallest absolute Gasteiger partial charge is 0.352 e. The first kappa shape index (κ1) is 15.1. The fourth-order valence-corrected chi connectivity index (χ4v) is 2.74. The van der Waals surface area contributed by atoms with Crippen LogP contribution < -0.4 is 4.90 Å². The Hall–Kier alpha value is -1.33. The summed E-state index contributed by atoms with van der Waals surface area (Å²) in [4.78, 5) is 2.12. The molecule has 20 heavy (non-hydrogen) atoms. The molecule has 0 bridgehead atoms. The van der Waals surface area contributed by atoms with Gasteiger partial charge < -0.3 is 4.90 Å². The first-order chi connectivity index (χ1) is 9.43. The van der Waals surface area contributed by atoms with Gasteiger partial charge in [-0.3, -0.25) is 0 Å². The summed E-state index contributed by atoms with van der Waals surface area (Å²) in [6, 6.07) is 2.81. The zero-order valence-electron chi connectivity index (χ0n) is 11.8. The number of alkyl halides is 3. The lowest BCUT2D eigenvalue weighted by Gasteiger charge is -2.39. The molecule has 1 saturated heterocycles. The first-order valence-corrected chi connectivity index (χ1v) is 7.11. The first-order valence-electron chi connectivity index (χ1n) is 7.11. The molecule has 0 saturated carbocycles. The molecule has 0 spiro atoms. The monoisotopic (exact) mass is 287 g/mol. The van der Waals surface area contributed by atoms with Crippen molar-refractivity contribution in [2.75, 3.05) is 11.4 Å². The molecule has 112 valence electrons. The van der Waals surface area contributed by atoms with Crippen LogP contribution >= 0.6 is 0 Å². The highest BCUT2D eigenvalue weighted by atomic mass is 19.4. The highest BCUT2D eigenvalue weighted by Crippen LogP contribution is 2.31. The molecule has 2 rings (SSSR count). The molecular formula is C14H20F3N3. The number of rotatable bonds is 3. The third-order valence-corrected chi connectivity index (χ3v) is 4.09. The van der Waals surface area contributed by atoms with E-state index in [4.69, 9.17) is 0 Å². The second-order valence-corrected chi connectivity index (χ2v) is 5.42. The highest BCUT2D eigenvalue weighted by Gasteiger charge is 2.34. The van der Waals surface area contributed by atoms with Crippen LogP contribution in [-0.4, -0.2) is 22.8 Å². The lowest BCUT2D eigenvalue weighted by atomic mass is 9.90. The molecule has 0 unspecified atom stereocenters. The number of anilines is 1. The average Bonchev–Trinajstić information content (AvgIpc) is 2.45. The SMILES string of the molecule is CC[C@H](C)[C@@H]1CCCCN1c1ccc(C(F)(F)F)nn1. The van der Waals surface area contributed by atoms with Crippen LogP contribution in [0.25, 0.3) is 0 Å². The van der Waals surface area contributed by atoms with Crippen molar-refractivity contribution in [3.63, 3.8) is 0 Å². The predicted molar refractivity (Wildman–Crippen MR) is 71.5 cm³/mol. The number of nitrogens with zero attached hydrogens (tertiary/aromatic N) is 3. The average molecular weight is 287 g/mol. The summed E-state index contributed by atoms with van der Waals surface area (Å²) in [5.74, 6) is 1.06. The Morgan fingerprint density at radius 3 is 2.60 bits per heavy atom. The van der Waals surface area contributed by atoms with Crippen molar-refractivity contribution < 1.29 is 13.2 Å². The normalized spacial score (nSPS) is 21.9. The molecule has 1 aliphatic rings. The highest BCUT2D eigenvalue weighted by molar-refractivity contribution is 5.39. The Morgan fingerprint density at radius 2 is 2.05 bits per heavy atom. The van der Waals surface area contributed by atoms with Crippen molar-refractivity contribution in [2.45, 2.75) is 51.7 Å². The number of aromatic nitrogens is 2. The van der Waals surface area contributed by atoms with Gasteiger partial charge in [0.05, 0.1) is 0 Å². The third kappa shape index (κ3) is 3.22. The number of hydrogen-bond acceptors (Lipinski definition) is 3. The second-order valence-electron chi connectivity index (χ2n) is 5.42. The van der Waals surface area contributed by atoms with E-state index >= 15 is 0 Å². The van der Waals surface area contributed by atoms with Crippen molar-refractivity contribution in [1.29, 1.82) is 0 Å². The van der Waals surface area contributed by atoms with E-state index in [1.54, 1.807) is 0 Å². The fraction of sp³-hybridized carbons (Fsp3) is 0.714. The van der Waals surface area contributed by atoms with Gasteiger partial charge >= 0.3 is 6.18 Å². The van der Waals surface area contributed by atoms with Gasteiger partial charge in [-0.05, 0) is 37.3 Å². The van der Waals surface area contributed by atoms with E-state index in [1.165, 1.54) is 12.5 Å². The Kier molecular flexibility index (Phi) is 4.50. The lowest BCUT2D eigenvalue weighted by Crippen LogP contribution is -2.44. The van der Waals surface area contributed by atoms with Gasteiger partial charge in [-0.1, -0.05) is 20.3 Å². The number of hydrogen-bond donors (Lipinski definition) is 0. The Bertz CT molecular complexity index is 430. The van der Waals surface area contributed by atoms with Gasteiger partial charge in [0.15, 0.2) is 11.5 Å².